The standard InChI is InChI=1S/C16H15BrO4/c1-3-20-14-8-12-11-5-4-10(17)6-9(11)7-13(15(12)21-14)16(18)19-2/h4-7,14H,3,8H2,1-2H3. The minimum atomic E-state index is -0.398. The summed E-state index contributed by atoms with van der Waals surface area (Å²) in [6.45, 7) is 2.48. The number of hydrogen-bond donors (Lipinski definition) is 0. The number of fused-ring (bicyclic) bond motifs is 3. The molecule has 3 rings (SSSR count). The van der Waals surface area contributed by atoms with E-state index < -0.39 is 5.97 Å². The molecule has 21 heavy (non-hydrogen) atoms. The molecule has 0 bridgehead atoms. The van der Waals surface area contributed by atoms with Gasteiger partial charge in [-0.1, -0.05) is 22.0 Å². The second-order valence-electron chi connectivity index (χ2n) is 4.80. The van der Waals surface area contributed by atoms with Gasteiger partial charge in [0.25, 0.3) is 0 Å². The van der Waals surface area contributed by atoms with E-state index in [1.54, 1.807) is 6.07 Å². The van der Waals surface area contributed by atoms with Crippen molar-refractivity contribution >= 4 is 32.7 Å². The highest BCUT2D eigenvalue weighted by Gasteiger charge is 2.30. The van der Waals surface area contributed by atoms with E-state index in [4.69, 9.17) is 14.2 Å². The summed E-state index contributed by atoms with van der Waals surface area (Å²) in [7, 11) is 1.37. The van der Waals surface area contributed by atoms with Crippen LogP contribution in [-0.4, -0.2) is 26.0 Å². The fraction of sp³-hybridized carbons (Fsp3) is 0.312. The first-order valence-corrected chi connectivity index (χ1v) is 7.55. The lowest BCUT2D eigenvalue weighted by Gasteiger charge is -2.11. The molecule has 0 radical (unpaired) electrons. The topological polar surface area (TPSA) is 44.8 Å². The maximum Gasteiger partial charge on any atom is 0.341 e. The van der Waals surface area contributed by atoms with Crippen LogP contribution in [0.25, 0.3) is 10.8 Å². The first-order chi connectivity index (χ1) is 10.1. The van der Waals surface area contributed by atoms with Crippen LogP contribution in [0.15, 0.2) is 28.7 Å². The molecule has 1 unspecified atom stereocenters. The van der Waals surface area contributed by atoms with E-state index in [1.807, 2.05) is 25.1 Å². The van der Waals surface area contributed by atoms with Gasteiger partial charge in [0.15, 0.2) is 0 Å². The van der Waals surface area contributed by atoms with Gasteiger partial charge in [-0.05, 0) is 35.9 Å². The fourth-order valence-electron chi connectivity index (χ4n) is 2.65. The Morgan fingerprint density at radius 3 is 2.95 bits per heavy atom. The molecule has 0 N–H and O–H groups in total. The number of benzene rings is 2. The lowest BCUT2D eigenvalue weighted by molar-refractivity contribution is -0.0605. The molecule has 1 aliphatic rings. The molecule has 0 fully saturated rings. The number of esters is 1. The summed E-state index contributed by atoms with van der Waals surface area (Å²) in [4.78, 5) is 12.0. The highest BCUT2D eigenvalue weighted by molar-refractivity contribution is 9.10. The number of halogens is 1. The van der Waals surface area contributed by atoms with Gasteiger partial charge in [0.05, 0.1) is 7.11 Å². The Hall–Kier alpha value is -1.59. The van der Waals surface area contributed by atoms with Gasteiger partial charge in [-0.2, -0.15) is 0 Å². The van der Waals surface area contributed by atoms with Crippen molar-refractivity contribution in [2.45, 2.75) is 19.6 Å². The van der Waals surface area contributed by atoms with Crippen LogP contribution in [0, 0.1) is 0 Å². The van der Waals surface area contributed by atoms with Crippen LogP contribution >= 0.6 is 15.9 Å². The van der Waals surface area contributed by atoms with Gasteiger partial charge in [-0.25, -0.2) is 4.79 Å². The molecular weight excluding hydrogens is 336 g/mol. The third-order valence-electron chi connectivity index (χ3n) is 3.54. The SMILES string of the molecule is CCOC1Cc2c(c(C(=O)OC)cc3cc(Br)ccc23)O1. The predicted octanol–water partition coefficient (Wildman–Crippen LogP) is 3.69. The molecular formula is C16H15BrO4. The lowest BCUT2D eigenvalue weighted by atomic mass is 9.98. The molecule has 1 heterocycles. The van der Waals surface area contributed by atoms with Crippen molar-refractivity contribution in [3.05, 3.63) is 39.9 Å². The van der Waals surface area contributed by atoms with E-state index in [9.17, 15) is 4.79 Å². The Labute approximate surface area is 131 Å². The zero-order valence-electron chi connectivity index (χ0n) is 11.8. The second kappa shape index (κ2) is 5.66. The molecule has 0 spiro atoms. The molecule has 0 aliphatic carbocycles. The Morgan fingerprint density at radius 1 is 1.43 bits per heavy atom. The van der Waals surface area contributed by atoms with Crippen LogP contribution in [0.4, 0.5) is 0 Å². The minimum absolute atomic E-state index is 0.345. The average Bonchev–Trinajstić information content (AvgIpc) is 2.89. The molecule has 0 amide bonds. The van der Waals surface area contributed by atoms with E-state index in [-0.39, 0.29) is 6.29 Å². The Kier molecular flexibility index (Phi) is 3.87. The molecule has 2 aromatic rings. The zero-order chi connectivity index (χ0) is 15.0. The number of hydrogen-bond acceptors (Lipinski definition) is 4. The molecule has 2 aromatic carbocycles. The quantitative estimate of drug-likeness (QED) is 0.792. The minimum Gasteiger partial charge on any atom is -0.465 e. The fourth-order valence-corrected chi connectivity index (χ4v) is 3.03. The van der Waals surface area contributed by atoms with Crippen molar-refractivity contribution in [1.29, 1.82) is 0 Å². The third kappa shape index (κ3) is 2.51. The molecule has 4 nitrogen and oxygen atoms in total. The maximum atomic E-state index is 12.0. The molecule has 5 heteroatoms. The molecule has 0 saturated carbocycles. The van der Waals surface area contributed by atoms with Crippen molar-refractivity contribution in [2.75, 3.05) is 13.7 Å². The summed E-state index contributed by atoms with van der Waals surface area (Å²) in [5.74, 6) is 0.181. The summed E-state index contributed by atoms with van der Waals surface area (Å²) in [5, 5.41) is 2.05. The number of methoxy groups -OCH3 is 1. The van der Waals surface area contributed by atoms with Crippen LogP contribution in [0.5, 0.6) is 5.75 Å². The number of rotatable bonds is 3. The summed E-state index contributed by atoms with van der Waals surface area (Å²) in [5.41, 5.74) is 1.44. The highest BCUT2D eigenvalue weighted by atomic mass is 79.9. The van der Waals surface area contributed by atoms with E-state index in [2.05, 4.69) is 15.9 Å². The van der Waals surface area contributed by atoms with Gasteiger partial charge in [0.2, 0.25) is 6.29 Å². The normalized spacial score (nSPS) is 16.6. The smallest absolute Gasteiger partial charge is 0.341 e. The van der Waals surface area contributed by atoms with Gasteiger partial charge in [-0.3, -0.25) is 0 Å². The Morgan fingerprint density at radius 2 is 2.24 bits per heavy atom. The average molecular weight is 351 g/mol. The van der Waals surface area contributed by atoms with Gasteiger partial charge in [0.1, 0.15) is 11.3 Å². The van der Waals surface area contributed by atoms with Crippen molar-refractivity contribution in [2.24, 2.45) is 0 Å². The molecule has 1 aliphatic heterocycles. The summed E-state index contributed by atoms with van der Waals surface area (Å²) >= 11 is 3.46. The summed E-state index contributed by atoms with van der Waals surface area (Å²) in [6.07, 6.45) is 0.286. The number of ether oxygens (including phenoxy) is 3. The monoisotopic (exact) mass is 350 g/mol. The van der Waals surface area contributed by atoms with E-state index in [1.165, 1.54) is 7.11 Å². The van der Waals surface area contributed by atoms with E-state index >= 15 is 0 Å². The maximum absolute atomic E-state index is 12.0. The largest absolute Gasteiger partial charge is 0.465 e. The molecule has 0 saturated heterocycles. The van der Waals surface area contributed by atoms with Crippen LogP contribution in [0.3, 0.4) is 0 Å². The van der Waals surface area contributed by atoms with Crippen LogP contribution in [-0.2, 0) is 15.9 Å². The third-order valence-corrected chi connectivity index (χ3v) is 4.03. The second-order valence-corrected chi connectivity index (χ2v) is 5.71. The van der Waals surface area contributed by atoms with Crippen molar-refractivity contribution < 1.29 is 19.0 Å². The van der Waals surface area contributed by atoms with Crippen molar-refractivity contribution in [3.63, 3.8) is 0 Å². The van der Waals surface area contributed by atoms with Crippen LogP contribution in [0.2, 0.25) is 0 Å². The zero-order valence-corrected chi connectivity index (χ0v) is 13.4. The summed E-state index contributed by atoms with van der Waals surface area (Å²) in [6, 6.07) is 7.79. The van der Waals surface area contributed by atoms with Crippen molar-refractivity contribution in [3.8, 4) is 5.75 Å². The number of carbonyl (C=O) groups is 1. The molecule has 0 aromatic heterocycles. The molecule has 110 valence electrons. The van der Waals surface area contributed by atoms with E-state index in [0.29, 0.717) is 24.3 Å². The first kappa shape index (κ1) is 14.4. The lowest BCUT2D eigenvalue weighted by Crippen LogP contribution is -2.17. The summed E-state index contributed by atoms with van der Waals surface area (Å²) < 4.78 is 17.2. The molecule has 1 atom stereocenters. The predicted molar refractivity (Wildman–Crippen MR) is 82.7 cm³/mol. The Bertz CT molecular complexity index is 711. The highest BCUT2D eigenvalue weighted by Crippen LogP contribution is 2.39. The van der Waals surface area contributed by atoms with Crippen LogP contribution < -0.4 is 4.74 Å². The van der Waals surface area contributed by atoms with Gasteiger partial charge >= 0.3 is 5.97 Å². The first-order valence-electron chi connectivity index (χ1n) is 6.75. The van der Waals surface area contributed by atoms with Crippen LogP contribution in [0.1, 0.15) is 22.8 Å². The van der Waals surface area contributed by atoms with Gasteiger partial charge in [-0.15, -0.1) is 0 Å². The van der Waals surface area contributed by atoms with E-state index in [0.717, 1.165) is 20.8 Å². The number of carbonyl (C=O) groups excluding carboxylic acids is 1. The Balaban J connectivity index is 2.20. The van der Waals surface area contributed by atoms with Crippen molar-refractivity contribution in [1.82, 2.24) is 0 Å². The van der Waals surface area contributed by atoms with Gasteiger partial charge in [0, 0.05) is 23.1 Å². The van der Waals surface area contributed by atoms with Gasteiger partial charge < -0.3 is 14.2 Å².